The Morgan fingerprint density at radius 2 is 1.81 bits per heavy atom. The Hall–Kier alpha value is -2.08. The van der Waals surface area contributed by atoms with Crippen LogP contribution < -0.4 is 5.32 Å². The van der Waals surface area contributed by atoms with Crippen molar-refractivity contribution in [2.75, 3.05) is 18.9 Å². The SMILES string of the molecule is CC(O)CN(C)C(=O)Nc1ccc(C(C)CC(=O)O)cc1. The third-order valence-electron chi connectivity index (χ3n) is 3.10. The van der Waals surface area contributed by atoms with E-state index in [0.717, 1.165) is 5.56 Å². The maximum atomic E-state index is 11.8. The van der Waals surface area contributed by atoms with Crippen LogP contribution in [0.3, 0.4) is 0 Å². The van der Waals surface area contributed by atoms with E-state index in [1.807, 2.05) is 6.92 Å². The molecule has 0 aliphatic heterocycles. The Bertz CT molecular complexity index is 485. The van der Waals surface area contributed by atoms with Gasteiger partial charge in [0, 0.05) is 19.3 Å². The normalized spacial score (nSPS) is 13.3. The van der Waals surface area contributed by atoms with E-state index in [2.05, 4.69) is 5.32 Å². The number of hydrogen-bond acceptors (Lipinski definition) is 3. The number of aliphatic carboxylic acids is 1. The van der Waals surface area contributed by atoms with Gasteiger partial charge in [0.2, 0.25) is 0 Å². The van der Waals surface area contributed by atoms with Crippen molar-refractivity contribution in [2.24, 2.45) is 0 Å². The number of carbonyl (C=O) groups is 2. The molecule has 6 heteroatoms. The van der Waals surface area contributed by atoms with Gasteiger partial charge in [0.05, 0.1) is 12.5 Å². The van der Waals surface area contributed by atoms with Crippen molar-refractivity contribution in [2.45, 2.75) is 32.3 Å². The van der Waals surface area contributed by atoms with Crippen LogP contribution >= 0.6 is 0 Å². The fourth-order valence-corrected chi connectivity index (χ4v) is 1.97. The van der Waals surface area contributed by atoms with Crippen LogP contribution in [0.5, 0.6) is 0 Å². The fraction of sp³-hybridized carbons (Fsp3) is 0.467. The molecule has 6 nitrogen and oxygen atoms in total. The second-order valence-corrected chi connectivity index (χ2v) is 5.28. The number of carbonyl (C=O) groups excluding carboxylic acids is 1. The van der Waals surface area contributed by atoms with Crippen LogP contribution in [-0.4, -0.2) is 46.8 Å². The van der Waals surface area contributed by atoms with Crippen molar-refractivity contribution in [3.05, 3.63) is 29.8 Å². The first-order valence-electron chi connectivity index (χ1n) is 6.81. The molecule has 0 saturated carbocycles. The topological polar surface area (TPSA) is 89.9 Å². The number of urea groups is 1. The summed E-state index contributed by atoms with van der Waals surface area (Å²) in [6.45, 7) is 3.71. The first-order valence-corrected chi connectivity index (χ1v) is 6.81. The Balaban J connectivity index is 2.62. The number of aliphatic hydroxyl groups is 1. The Labute approximate surface area is 124 Å². The summed E-state index contributed by atoms with van der Waals surface area (Å²) in [5.74, 6) is -0.912. The minimum absolute atomic E-state index is 0.0723. The van der Waals surface area contributed by atoms with Crippen LogP contribution in [0.15, 0.2) is 24.3 Å². The van der Waals surface area contributed by atoms with Gasteiger partial charge in [-0.1, -0.05) is 19.1 Å². The molecule has 0 aliphatic rings. The van der Waals surface area contributed by atoms with Crippen LogP contribution in [0.1, 0.15) is 31.7 Å². The quantitative estimate of drug-likeness (QED) is 0.749. The fourth-order valence-electron chi connectivity index (χ4n) is 1.97. The van der Waals surface area contributed by atoms with Crippen molar-refractivity contribution in [1.82, 2.24) is 4.90 Å². The van der Waals surface area contributed by atoms with E-state index in [-0.39, 0.29) is 24.9 Å². The minimum atomic E-state index is -0.834. The number of nitrogens with one attached hydrogen (secondary N) is 1. The van der Waals surface area contributed by atoms with E-state index in [1.54, 1.807) is 38.2 Å². The number of amides is 2. The van der Waals surface area contributed by atoms with Crippen LogP contribution in [0.25, 0.3) is 0 Å². The van der Waals surface area contributed by atoms with Crippen LogP contribution in [0.2, 0.25) is 0 Å². The average Bonchev–Trinajstić information content (AvgIpc) is 2.37. The summed E-state index contributed by atoms with van der Waals surface area (Å²) in [5.41, 5.74) is 1.54. The summed E-state index contributed by atoms with van der Waals surface area (Å²) in [6.07, 6.45) is -0.511. The number of likely N-dealkylation sites (N-methyl/N-ethyl adjacent to an activating group) is 1. The minimum Gasteiger partial charge on any atom is -0.481 e. The van der Waals surface area contributed by atoms with Gasteiger partial charge in [-0.3, -0.25) is 4.79 Å². The van der Waals surface area contributed by atoms with Crippen LogP contribution in [-0.2, 0) is 4.79 Å². The van der Waals surface area contributed by atoms with Crippen molar-refractivity contribution < 1.29 is 19.8 Å². The van der Waals surface area contributed by atoms with E-state index in [1.165, 1.54) is 4.90 Å². The highest BCUT2D eigenvalue weighted by Crippen LogP contribution is 2.21. The molecule has 2 atom stereocenters. The van der Waals surface area contributed by atoms with Crippen molar-refractivity contribution >= 4 is 17.7 Å². The second kappa shape index (κ2) is 7.64. The third-order valence-corrected chi connectivity index (χ3v) is 3.10. The molecule has 3 N–H and O–H groups in total. The number of rotatable bonds is 6. The summed E-state index contributed by atoms with van der Waals surface area (Å²) in [6, 6.07) is 6.78. The lowest BCUT2D eigenvalue weighted by molar-refractivity contribution is -0.137. The van der Waals surface area contributed by atoms with E-state index in [4.69, 9.17) is 5.11 Å². The molecule has 0 spiro atoms. The molecule has 0 radical (unpaired) electrons. The zero-order chi connectivity index (χ0) is 16.0. The number of carboxylic acid groups (broad SMARTS) is 1. The van der Waals surface area contributed by atoms with Crippen LogP contribution in [0.4, 0.5) is 10.5 Å². The summed E-state index contributed by atoms with van der Waals surface area (Å²) >= 11 is 0. The van der Waals surface area contributed by atoms with E-state index in [9.17, 15) is 14.7 Å². The predicted molar refractivity (Wildman–Crippen MR) is 80.4 cm³/mol. The lowest BCUT2D eigenvalue weighted by Gasteiger charge is -2.19. The van der Waals surface area contributed by atoms with Gasteiger partial charge in [0.1, 0.15) is 0 Å². The Morgan fingerprint density at radius 3 is 2.29 bits per heavy atom. The van der Waals surface area contributed by atoms with Crippen molar-refractivity contribution in [3.8, 4) is 0 Å². The summed E-state index contributed by atoms with van der Waals surface area (Å²) in [4.78, 5) is 23.9. The largest absolute Gasteiger partial charge is 0.481 e. The summed E-state index contributed by atoms with van der Waals surface area (Å²) in [7, 11) is 1.60. The zero-order valence-electron chi connectivity index (χ0n) is 12.5. The monoisotopic (exact) mass is 294 g/mol. The molecule has 0 bridgehead atoms. The maximum absolute atomic E-state index is 11.8. The first kappa shape index (κ1) is 17.0. The van der Waals surface area contributed by atoms with Gasteiger partial charge in [-0.05, 0) is 30.5 Å². The number of carboxylic acids is 1. The zero-order valence-corrected chi connectivity index (χ0v) is 12.5. The van der Waals surface area contributed by atoms with E-state index >= 15 is 0 Å². The number of hydrogen-bond donors (Lipinski definition) is 3. The van der Waals surface area contributed by atoms with Gasteiger partial charge in [0.15, 0.2) is 0 Å². The predicted octanol–water partition coefficient (Wildman–Crippen LogP) is 2.11. The summed E-state index contributed by atoms with van der Waals surface area (Å²) < 4.78 is 0. The van der Waals surface area contributed by atoms with Crippen LogP contribution in [0, 0.1) is 0 Å². The van der Waals surface area contributed by atoms with Gasteiger partial charge in [-0.25, -0.2) is 4.79 Å². The molecular weight excluding hydrogens is 272 g/mol. The van der Waals surface area contributed by atoms with Gasteiger partial charge in [-0.15, -0.1) is 0 Å². The van der Waals surface area contributed by atoms with Gasteiger partial charge in [-0.2, -0.15) is 0 Å². The molecule has 0 aromatic heterocycles. The van der Waals surface area contributed by atoms with Gasteiger partial charge in [0.25, 0.3) is 0 Å². The molecule has 0 saturated heterocycles. The molecule has 0 fully saturated rings. The molecule has 0 aliphatic carbocycles. The molecule has 0 heterocycles. The van der Waals surface area contributed by atoms with Gasteiger partial charge >= 0.3 is 12.0 Å². The van der Waals surface area contributed by atoms with Gasteiger partial charge < -0.3 is 20.4 Å². The molecule has 1 aromatic carbocycles. The highest BCUT2D eigenvalue weighted by Gasteiger charge is 2.12. The smallest absolute Gasteiger partial charge is 0.321 e. The molecule has 1 aromatic rings. The molecule has 2 amide bonds. The first-order chi connectivity index (χ1) is 9.79. The van der Waals surface area contributed by atoms with Crippen molar-refractivity contribution in [3.63, 3.8) is 0 Å². The highest BCUT2D eigenvalue weighted by atomic mass is 16.4. The standard InChI is InChI=1S/C15H22N2O4/c1-10(8-14(19)20)12-4-6-13(7-5-12)16-15(21)17(3)9-11(2)18/h4-7,10-11,18H,8-9H2,1-3H3,(H,16,21)(H,19,20). The third kappa shape index (κ3) is 5.83. The lowest BCUT2D eigenvalue weighted by Crippen LogP contribution is -2.36. The summed E-state index contributed by atoms with van der Waals surface area (Å²) in [5, 5.41) is 20.7. The van der Waals surface area contributed by atoms with E-state index in [0.29, 0.717) is 5.69 Å². The molecule has 2 unspecified atom stereocenters. The van der Waals surface area contributed by atoms with Crippen molar-refractivity contribution in [1.29, 1.82) is 0 Å². The van der Waals surface area contributed by atoms with E-state index < -0.39 is 12.1 Å². The molecule has 1 rings (SSSR count). The molecular formula is C15H22N2O4. The number of aliphatic hydroxyl groups excluding tert-OH is 1. The second-order valence-electron chi connectivity index (χ2n) is 5.28. The average molecular weight is 294 g/mol. The molecule has 116 valence electrons. The highest BCUT2D eigenvalue weighted by molar-refractivity contribution is 5.89. The number of anilines is 1. The molecule has 21 heavy (non-hydrogen) atoms. The Morgan fingerprint density at radius 1 is 1.24 bits per heavy atom. The Kier molecular flexibility index (Phi) is 6.17. The lowest BCUT2D eigenvalue weighted by atomic mass is 9.98. The maximum Gasteiger partial charge on any atom is 0.321 e. The number of nitrogens with zero attached hydrogens (tertiary/aromatic N) is 1. The number of benzene rings is 1.